The zero-order valence-corrected chi connectivity index (χ0v) is 22.9. The minimum Gasteiger partial charge on any atom is -0.480 e. The van der Waals surface area contributed by atoms with Gasteiger partial charge in [0.1, 0.15) is 11.9 Å². The first-order chi connectivity index (χ1) is 17.8. The van der Waals surface area contributed by atoms with E-state index in [1.165, 1.54) is 31.2 Å². The molecule has 3 heterocycles. The molecule has 3 N–H and O–H groups in total. The zero-order chi connectivity index (χ0) is 26.3. The van der Waals surface area contributed by atoms with Crippen LogP contribution in [0.2, 0.25) is 0 Å². The van der Waals surface area contributed by atoms with Crippen LogP contribution in [0.25, 0.3) is 0 Å². The SMILES string of the molecule is CN(CC1(C)CCCCC1)[C@@H](CNC(=O)[C@@H]1CCCN(CCCc2ccc3c(n2)NCCC3)C1)C(=O)O. The normalized spacial score (nSPS) is 22.6. The summed E-state index contributed by atoms with van der Waals surface area (Å²) >= 11 is 0. The number of carboxylic acid groups (broad SMARTS) is 1. The predicted molar refractivity (Wildman–Crippen MR) is 147 cm³/mol. The molecule has 0 radical (unpaired) electrons. The Bertz CT molecular complexity index is 917. The van der Waals surface area contributed by atoms with E-state index in [9.17, 15) is 14.7 Å². The van der Waals surface area contributed by atoms with Crippen molar-refractivity contribution >= 4 is 17.7 Å². The number of likely N-dealkylation sites (N-methyl/N-ethyl adjacent to an activating group) is 1. The molecule has 3 aliphatic rings. The average Bonchev–Trinajstić information content (AvgIpc) is 2.88. The van der Waals surface area contributed by atoms with Gasteiger partial charge in [-0.25, -0.2) is 4.98 Å². The van der Waals surface area contributed by atoms with Gasteiger partial charge in [0.15, 0.2) is 0 Å². The molecule has 4 rings (SSSR count). The minimum absolute atomic E-state index is 0.00402. The van der Waals surface area contributed by atoms with Crippen molar-refractivity contribution in [3.63, 3.8) is 0 Å². The first kappa shape index (κ1) is 27.8. The Balaban J connectivity index is 1.21. The fourth-order valence-electron chi connectivity index (χ4n) is 6.51. The molecule has 206 valence electrons. The van der Waals surface area contributed by atoms with E-state index in [4.69, 9.17) is 4.98 Å². The number of hydrogen-bond acceptors (Lipinski definition) is 6. The van der Waals surface area contributed by atoms with Gasteiger partial charge < -0.3 is 20.6 Å². The molecule has 1 saturated carbocycles. The second-order valence-corrected chi connectivity index (χ2v) is 12.0. The molecule has 0 aromatic carbocycles. The van der Waals surface area contributed by atoms with Crippen LogP contribution in [0.4, 0.5) is 5.82 Å². The summed E-state index contributed by atoms with van der Waals surface area (Å²) in [4.78, 5) is 34.2. The maximum Gasteiger partial charge on any atom is 0.322 e. The molecule has 0 spiro atoms. The van der Waals surface area contributed by atoms with Gasteiger partial charge in [0.2, 0.25) is 5.91 Å². The first-order valence-corrected chi connectivity index (χ1v) is 14.5. The Morgan fingerprint density at radius 1 is 1.24 bits per heavy atom. The number of aryl methyl sites for hydroxylation is 2. The number of likely N-dealkylation sites (tertiary alicyclic amines) is 1. The van der Waals surface area contributed by atoms with Gasteiger partial charge in [-0.2, -0.15) is 0 Å². The van der Waals surface area contributed by atoms with Crippen LogP contribution < -0.4 is 10.6 Å². The number of carbonyl (C=O) groups is 2. The number of carbonyl (C=O) groups excluding carboxylic acids is 1. The number of aliphatic carboxylic acids is 1. The molecule has 2 fully saturated rings. The third-order valence-corrected chi connectivity index (χ3v) is 8.71. The maximum absolute atomic E-state index is 13.0. The van der Waals surface area contributed by atoms with Gasteiger partial charge in [-0.05, 0) is 88.5 Å². The summed E-state index contributed by atoms with van der Waals surface area (Å²) in [6.07, 6.45) is 12.1. The monoisotopic (exact) mass is 513 g/mol. The van der Waals surface area contributed by atoms with E-state index in [0.29, 0.717) is 0 Å². The highest BCUT2D eigenvalue weighted by Gasteiger charge is 2.33. The number of pyridine rings is 1. The zero-order valence-electron chi connectivity index (χ0n) is 22.9. The van der Waals surface area contributed by atoms with Gasteiger partial charge in [0.25, 0.3) is 0 Å². The van der Waals surface area contributed by atoms with Gasteiger partial charge >= 0.3 is 5.97 Å². The van der Waals surface area contributed by atoms with Crippen LogP contribution in [-0.4, -0.2) is 84.1 Å². The number of nitrogens with zero attached hydrogens (tertiary/aromatic N) is 3. The summed E-state index contributed by atoms with van der Waals surface area (Å²) < 4.78 is 0. The Morgan fingerprint density at radius 3 is 2.84 bits per heavy atom. The third kappa shape index (κ3) is 7.90. The smallest absolute Gasteiger partial charge is 0.322 e. The first-order valence-electron chi connectivity index (χ1n) is 14.5. The summed E-state index contributed by atoms with van der Waals surface area (Å²) in [5.41, 5.74) is 2.62. The molecule has 0 bridgehead atoms. The van der Waals surface area contributed by atoms with E-state index < -0.39 is 12.0 Å². The lowest BCUT2D eigenvalue weighted by atomic mass is 9.75. The maximum atomic E-state index is 13.0. The highest BCUT2D eigenvalue weighted by atomic mass is 16.4. The fourth-order valence-corrected chi connectivity index (χ4v) is 6.51. The van der Waals surface area contributed by atoms with E-state index in [-0.39, 0.29) is 23.8 Å². The highest BCUT2D eigenvalue weighted by molar-refractivity contribution is 5.80. The number of anilines is 1. The highest BCUT2D eigenvalue weighted by Crippen LogP contribution is 2.36. The lowest BCUT2D eigenvalue weighted by Crippen LogP contribution is -2.52. The lowest BCUT2D eigenvalue weighted by molar-refractivity contribution is -0.143. The quantitative estimate of drug-likeness (QED) is 0.416. The van der Waals surface area contributed by atoms with Crippen molar-refractivity contribution in [3.05, 3.63) is 23.4 Å². The van der Waals surface area contributed by atoms with E-state index >= 15 is 0 Å². The van der Waals surface area contributed by atoms with Crippen molar-refractivity contribution in [1.82, 2.24) is 20.1 Å². The summed E-state index contributed by atoms with van der Waals surface area (Å²) in [5, 5.41) is 16.3. The molecule has 8 heteroatoms. The Hall–Kier alpha value is -2.19. The number of aromatic nitrogens is 1. The Kier molecular flexibility index (Phi) is 9.82. The van der Waals surface area contributed by atoms with Crippen molar-refractivity contribution in [2.45, 2.75) is 83.6 Å². The molecule has 37 heavy (non-hydrogen) atoms. The van der Waals surface area contributed by atoms with E-state index in [1.807, 2.05) is 11.9 Å². The molecule has 0 unspecified atom stereocenters. The second-order valence-electron chi connectivity index (χ2n) is 12.0. The van der Waals surface area contributed by atoms with Crippen LogP contribution in [0.1, 0.15) is 76.0 Å². The molecular formula is C29H47N5O3. The average molecular weight is 514 g/mol. The number of carboxylic acids is 1. The fraction of sp³-hybridized carbons (Fsp3) is 0.759. The van der Waals surface area contributed by atoms with Crippen LogP contribution in [0.5, 0.6) is 0 Å². The standard InChI is InChI=1S/C29H47N5O3/c1-29(14-4-3-5-15-29)21-33(2)25(28(36)37)19-31-27(35)23-10-7-17-34(20-23)18-8-11-24-13-12-22-9-6-16-30-26(22)32-24/h12-13,23,25H,3-11,14-21H2,1-2H3,(H,30,32)(H,31,35)(H,36,37)/t23-,25+/m1/s1. The van der Waals surface area contributed by atoms with Crippen LogP contribution >= 0.6 is 0 Å². The number of piperidine rings is 1. The number of fused-ring (bicyclic) bond motifs is 1. The molecule has 2 aliphatic heterocycles. The van der Waals surface area contributed by atoms with Crippen LogP contribution in [-0.2, 0) is 22.4 Å². The van der Waals surface area contributed by atoms with Gasteiger partial charge in [-0.15, -0.1) is 0 Å². The minimum atomic E-state index is -0.863. The molecule has 1 aliphatic carbocycles. The summed E-state index contributed by atoms with van der Waals surface area (Å²) in [6, 6.07) is 3.67. The molecular weight excluding hydrogens is 466 g/mol. The number of hydrogen-bond donors (Lipinski definition) is 3. The Labute approximate surface area is 222 Å². The molecule has 1 aromatic rings. The van der Waals surface area contributed by atoms with E-state index in [0.717, 1.165) is 89.2 Å². The van der Waals surface area contributed by atoms with Gasteiger partial charge in [0, 0.05) is 31.9 Å². The van der Waals surface area contributed by atoms with Gasteiger partial charge in [-0.3, -0.25) is 14.5 Å². The molecule has 8 nitrogen and oxygen atoms in total. The molecule has 1 saturated heterocycles. The van der Waals surface area contributed by atoms with Crippen LogP contribution in [0.15, 0.2) is 12.1 Å². The van der Waals surface area contributed by atoms with E-state index in [2.05, 4.69) is 34.6 Å². The summed E-state index contributed by atoms with van der Waals surface area (Å²) in [6.45, 7) is 6.91. The number of nitrogens with one attached hydrogen (secondary N) is 2. The van der Waals surface area contributed by atoms with Gasteiger partial charge in [-0.1, -0.05) is 32.3 Å². The number of amides is 1. The topological polar surface area (TPSA) is 97.8 Å². The molecule has 2 atom stereocenters. The number of rotatable bonds is 11. The predicted octanol–water partition coefficient (Wildman–Crippen LogP) is 3.56. The van der Waals surface area contributed by atoms with Crippen LogP contribution in [0, 0.1) is 11.3 Å². The second kappa shape index (κ2) is 13.1. The van der Waals surface area contributed by atoms with E-state index in [1.54, 1.807) is 0 Å². The van der Waals surface area contributed by atoms with Crippen molar-refractivity contribution in [3.8, 4) is 0 Å². The largest absolute Gasteiger partial charge is 0.480 e. The molecule has 1 amide bonds. The van der Waals surface area contributed by atoms with Crippen molar-refractivity contribution in [1.29, 1.82) is 0 Å². The van der Waals surface area contributed by atoms with Gasteiger partial charge in [0.05, 0.1) is 5.92 Å². The van der Waals surface area contributed by atoms with Crippen molar-refractivity contribution in [2.75, 3.05) is 51.6 Å². The Morgan fingerprint density at radius 2 is 2.05 bits per heavy atom. The van der Waals surface area contributed by atoms with Crippen molar-refractivity contribution < 1.29 is 14.7 Å². The molecule has 1 aromatic heterocycles. The van der Waals surface area contributed by atoms with Crippen LogP contribution in [0.3, 0.4) is 0 Å². The lowest BCUT2D eigenvalue weighted by Gasteiger charge is -2.39. The summed E-state index contributed by atoms with van der Waals surface area (Å²) in [5.74, 6) is 0.112. The summed E-state index contributed by atoms with van der Waals surface area (Å²) in [7, 11) is 1.89. The third-order valence-electron chi connectivity index (χ3n) is 8.71. The van der Waals surface area contributed by atoms with Crippen molar-refractivity contribution in [2.24, 2.45) is 11.3 Å².